The third kappa shape index (κ3) is 4.67. The second kappa shape index (κ2) is 9.51. The van der Waals surface area contributed by atoms with E-state index < -0.39 is 6.04 Å². The number of ketones is 2. The molecule has 4 aromatic rings. The molecule has 1 heterocycles. The van der Waals surface area contributed by atoms with E-state index in [1.807, 2.05) is 61.5 Å². The van der Waals surface area contributed by atoms with Crippen molar-refractivity contribution in [3.8, 4) is 0 Å². The molecule has 1 aromatic heterocycles. The highest BCUT2D eigenvalue weighted by atomic mass is 35.5. The first-order chi connectivity index (χ1) is 15.4. The van der Waals surface area contributed by atoms with E-state index in [2.05, 4.69) is 10.3 Å². The van der Waals surface area contributed by atoms with E-state index >= 15 is 0 Å². The molecule has 4 nitrogen and oxygen atoms in total. The summed E-state index contributed by atoms with van der Waals surface area (Å²) in [5.41, 5.74) is 5.07. The van der Waals surface area contributed by atoms with E-state index in [0.29, 0.717) is 24.1 Å². The second-order valence-electron chi connectivity index (χ2n) is 8.03. The quantitative estimate of drug-likeness (QED) is 0.323. The minimum absolute atomic E-state index is 0.00651. The lowest BCUT2D eigenvalue weighted by atomic mass is 9.96. The van der Waals surface area contributed by atoms with Crippen LogP contribution < -0.4 is 5.32 Å². The number of Topliss-reactive ketones (excluding diaryl/α,β-unsaturated/α-hetero) is 2. The summed E-state index contributed by atoms with van der Waals surface area (Å²) in [5, 5.41) is 4.98. The SMILES string of the molecule is CC(=O)c1ccc2c(C(=O)[C@@H](NCCc3ccc(C)cc3Cl)c3ccccc3)c[nH]c2c1. The van der Waals surface area contributed by atoms with E-state index in [9.17, 15) is 9.59 Å². The van der Waals surface area contributed by atoms with Gasteiger partial charge in [0.15, 0.2) is 11.6 Å². The van der Waals surface area contributed by atoms with Crippen molar-refractivity contribution in [2.24, 2.45) is 0 Å². The number of aromatic nitrogens is 1. The zero-order valence-electron chi connectivity index (χ0n) is 18.1. The molecule has 4 rings (SSSR count). The Morgan fingerprint density at radius 1 is 1.03 bits per heavy atom. The van der Waals surface area contributed by atoms with Crippen LogP contribution in [-0.4, -0.2) is 23.1 Å². The minimum atomic E-state index is -0.494. The van der Waals surface area contributed by atoms with Crippen molar-refractivity contribution in [1.82, 2.24) is 10.3 Å². The molecule has 2 N–H and O–H groups in total. The fourth-order valence-electron chi connectivity index (χ4n) is 3.92. The van der Waals surface area contributed by atoms with Gasteiger partial charge >= 0.3 is 0 Å². The molecule has 0 saturated carbocycles. The number of hydrogen-bond donors (Lipinski definition) is 2. The highest BCUT2D eigenvalue weighted by Crippen LogP contribution is 2.26. The predicted molar refractivity (Wildman–Crippen MR) is 130 cm³/mol. The summed E-state index contributed by atoms with van der Waals surface area (Å²) < 4.78 is 0. The number of carbonyl (C=O) groups excluding carboxylic acids is 2. The van der Waals surface area contributed by atoms with Crippen molar-refractivity contribution in [3.63, 3.8) is 0 Å². The fraction of sp³-hybridized carbons (Fsp3) is 0.185. The Morgan fingerprint density at radius 2 is 1.81 bits per heavy atom. The van der Waals surface area contributed by atoms with Crippen LogP contribution in [0.3, 0.4) is 0 Å². The Morgan fingerprint density at radius 3 is 2.53 bits per heavy atom. The Bertz CT molecular complexity index is 1280. The molecule has 0 aliphatic rings. The monoisotopic (exact) mass is 444 g/mol. The van der Waals surface area contributed by atoms with Gasteiger partial charge in [-0.15, -0.1) is 0 Å². The summed E-state index contributed by atoms with van der Waals surface area (Å²) in [7, 11) is 0. The first kappa shape index (κ1) is 22.0. The number of fused-ring (bicyclic) bond motifs is 1. The molecule has 0 spiro atoms. The molecule has 1 atom stereocenters. The molecular weight excluding hydrogens is 420 g/mol. The topological polar surface area (TPSA) is 62.0 Å². The number of H-pyrrole nitrogens is 1. The van der Waals surface area contributed by atoms with Crippen LogP contribution in [0, 0.1) is 6.92 Å². The van der Waals surface area contributed by atoms with Gasteiger partial charge in [-0.1, -0.05) is 66.2 Å². The summed E-state index contributed by atoms with van der Waals surface area (Å²) in [6.07, 6.45) is 2.44. The molecule has 0 unspecified atom stereocenters. The van der Waals surface area contributed by atoms with Gasteiger partial charge in [0.05, 0.1) is 6.04 Å². The first-order valence-electron chi connectivity index (χ1n) is 10.6. The summed E-state index contributed by atoms with van der Waals surface area (Å²) in [6, 6.07) is 20.6. The van der Waals surface area contributed by atoms with Crippen molar-refractivity contribution in [2.45, 2.75) is 26.3 Å². The number of hydrogen-bond acceptors (Lipinski definition) is 3. The fourth-order valence-corrected chi connectivity index (χ4v) is 4.25. The van der Waals surface area contributed by atoms with Gasteiger partial charge in [0.25, 0.3) is 0 Å². The standard InChI is InChI=1S/C27H25ClN2O2/c1-17-8-9-19(24(28)14-17)12-13-29-26(20-6-4-3-5-7-20)27(32)23-16-30-25-15-21(18(2)31)10-11-22(23)25/h3-11,14-16,26,29-30H,12-13H2,1-2H3/t26-/m0/s1. The van der Waals surface area contributed by atoms with E-state index in [0.717, 1.165) is 32.6 Å². The summed E-state index contributed by atoms with van der Waals surface area (Å²) >= 11 is 6.38. The number of rotatable bonds is 8. The van der Waals surface area contributed by atoms with E-state index in [1.165, 1.54) is 6.92 Å². The minimum Gasteiger partial charge on any atom is -0.360 e. The van der Waals surface area contributed by atoms with Gasteiger partial charge < -0.3 is 10.3 Å². The maximum atomic E-state index is 13.6. The van der Waals surface area contributed by atoms with E-state index in [1.54, 1.807) is 18.3 Å². The Balaban J connectivity index is 1.60. The molecule has 0 aliphatic carbocycles. The van der Waals surface area contributed by atoms with Crippen LogP contribution in [0.1, 0.15) is 50.4 Å². The first-order valence-corrected chi connectivity index (χ1v) is 11.0. The molecule has 0 bridgehead atoms. The number of carbonyl (C=O) groups is 2. The van der Waals surface area contributed by atoms with Gasteiger partial charge in [-0.05, 0) is 49.1 Å². The predicted octanol–water partition coefficient (Wildman–Crippen LogP) is 6.09. The van der Waals surface area contributed by atoms with E-state index in [-0.39, 0.29) is 11.6 Å². The third-order valence-corrected chi connectivity index (χ3v) is 6.05. The number of benzene rings is 3. The molecule has 3 aromatic carbocycles. The van der Waals surface area contributed by atoms with Gasteiger partial charge in [0.1, 0.15) is 0 Å². The van der Waals surface area contributed by atoms with Crippen molar-refractivity contribution in [3.05, 3.63) is 106 Å². The molecular formula is C27H25ClN2O2. The van der Waals surface area contributed by atoms with Crippen LogP contribution in [0.5, 0.6) is 0 Å². The Labute approximate surface area is 192 Å². The molecule has 0 radical (unpaired) electrons. The van der Waals surface area contributed by atoms with Gasteiger partial charge in [-0.3, -0.25) is 9.59 Å². The number of aromatic amines is 1. The van der Waals surface area contributed by atoms with Crippen molar-refractivity contribution >= 4 is 34.1 Å². The van der Waals surface area contributed by atoms with Crippen molar-refractivity contribution in [1.29, 1.82) is 0 Å². The lowest BCUT2D eigenvalue weighted by Crippen LogP contribution is -2.30. The zero-order chi connectivity index (χ0) is 22.7. The maximum absolute atomic E-state index is 13.6. The normalized spacial score (nSPS) is 12.1. The van der Waals surface area contributed by atoms with Crippen LogP contribution in [-0.2, 0) is 6.42 Å². The summed E-state index contributed by atoms with van der Waals surface area (Å²) in [6.45, 7) is 4.15. The molecule has 5 heteroatoms. The van der Waals surface area contributed by atoms with Gasteiger partial charge in [0.2, 0.25) is 0 Å². The van der Waals surface area contributed by atoms with Crippen LogP contribution >= 0.6 is 11.6 Å². The number of nitrogens with one attached hydrogen (secondary N) is 2. The molecule has 0 saturated heterocycles. The lowest BCUT2D eigenvalue weighted by molar-refractivity contribution is 0.0944. The van der Waals surface area contributed by atoms with Crippen molar-refractivity contribution < 1.29 is 9.59 Å². The highest BCUT2D eigenvalue weighted by molar-refractivity contribution is 6.31. The van der Waals surface area contributed by atoms with Crippen LogP contribution in [0.2, 0.25) is 5.02 Å². The van der Waals surface area contributed by atoms with E-state index in [4.69, 9.17) is 11.6 Å². The number of halogens is 1. The smallest absolute Gasteiger partial charge is 0.186 e. The van der Waals surface area contributed by atoms with Crippen LogP contribution in [0.15, 0.2) is 72.9 Å². The average molecular weight is 445 g/mol. The van der Waals surface area contributed by atoms with Crippen LogP contribution in [0.25, 0.3) is 10.9 Å². The summed E-state index contributed by atoms with van der Waals surface area (Å²) in [4.78, 5) is 28.5. The van der Waals surface area contributed by atoms with Gasteiger partial charge in [-0.25, -0.2) is 0 Å². The Hall–Kier alpha value is -3.21. The molecule has 162 valence electrons. The molecule has 32 heavy (non-hydrogen) atoms. The largest absolute Gasteiger partial charge is 0.360 e. The summed E-state index contributed by atoms with van der Waals surface area (Å²) in [5.74, 6) is -0.0269. The van der Waals surface area contributed by atoms with Crippen molar-refractivity contribution in [2.75, 3.05) is 6.54 Å². The average Bonchev–Trinajstić information content (AvgIpc) is 3.21. The maximum Gasteiger partial charge on any atom is 0.186 e. The van der Waals surface area contributed by atoms with Gasteiger partial charge in [0, 0.05) is 39.8 Å². The van der Waals surface area contributed by atoms with Crippen LogP contribution in [0.4, 0.5) is 0 Å². The number of aryl methyl sites for hydroxylation is 1. The molecule has 0 amide bonds. The molecule has 0 aliphatic heterocycles. The highest BCUT2D eigenvalue weighted by Gasteiger charge is 2.24. The Kier molecular flexibility index (Phi) is 6.54. The van der Waals surface area contributed by atoms with Gasteiger partial charge in [-0.2, -0.15) is 0 Å². The molecule has 0 fully saturated rings. The third-order valence-electron chi connectivity index (χ3n) is 5.70. The zero-order valence-corrected chi connectivity index (χ0v) is 18.9. The lowest BCUT2D eigenvalue weighted by Gasteiger charge is -2.18. The second-order valence-corrected chi connectivity index (χ2v) is 8.43.